The Morgan fingerprint density at radius 3 is 2.76 bits per heavy atom. The molecule has 2 aliphatic heterocycles. The Kier molecular flexibility index (Phi) is 3.53. The first kappa shape index (κ1) is 14.2. The zero-order valence-corrected chi connectivity index (χ0v) is 12.9. The number of hydrogen-bond acceptors (Lipinski definition) is 2. The summed E-state index contributed by atoms with van der Waals surface area (Å²) in [4.78, 5) is 29.8. The number of fused-ring (bicyclic) bond motifs is 1. The zero-order valence-electron chi connectivity index (χ0n) is 12.1. The Morgan fingerprint density at radius 1 is 1.29 bits per heavy atom. The standard InChI is InChI=1S/C15H18ClN3O2/c1-10-14(20)17(2)8-13-9-18(15(21)19(10)13)7-11-4-3-5-12(16)6-11/h3-6,10,13H,7-9H2,1-2H3/t10-,13+/m0/s1. The molecule has 0 N–H and O–H groups in total. The third-order valence-electron chi connectivity index (χ3n) is 4.21. The molecular formula is C15H18ClN3O2. The van der Waals surface area contributed by atoms with Crippen molar-refractivity contribution in [2.45, 2.75) is 25.6 Å². The van der Waals surface area contributed by atoms with Crippen LogP contribution in [-0.2, 0) is 11.3 Å². The summed E-state index contributed by atoms with van der Waals surface area (Å²) in [5.74, 6) is 0.00389. The molecule has 1 aromatic rings. The average molecular weight is 308 g/mol. The van der Waals surface area contributed by atoms with E-state index in [1.54, 1.807) is 28.7 Å². The minimum atomic E-state index is -0.384. The molecule has 0 aromatic heterocycles. The molecule has 2 aliphatic rings. The number of carbonyl (C=O) groups is 2. The van der Waals surface area contributed by atoms with Crippen LogP contribution < -0.4 is 0 Å². The molecule has 21 heavy (non-hydrogen) atoms. The van der Waals surface area contributed by atoms with Gasteiger partial charge in [-0.25, -0.2) is 4.79 Å². The van der Waals surface area contributed by atoms with Crippen molar-refractivity contribution in [1.29, 1.82) is 0 Å². The Labute approximate surface area is 129 Å². The van der Waals surface area contributed by atoms with Gasteiger partial charge in [-0.05, 0) is 24.6 Å². The molecule has 0 unspecified atom stereocenters. The van der Waals surface area contributed by atoms with E-state index in [1.165, 1.54) is 0 Å². The van der Waals surface area contributed by atoms with Crippen LogP contribution in [0.25, 0.3) is 0 Å². The third kappa shape index (κ3) is 2.46. The normalized spacial score (nSPS) is 25.6. The predicted octanol–water partition coefficient (Wildman–Crippen LogP) is 1.81. The summed E-state index contributed by atoms with van der Waals surface area (Å²) in [5.41, 5.74) is 1.00. The van der Waals surface area contributed by atoms with Gasteiger partial charge in [0.05, 0.1) is 6.04 Å². The minimum Gasteiger partial charge on any atom is -0.342 e. The molecule has 0 radical (unpaired) electrons. The maximum Gasteiger partial charge on any atom is 0.321 e. The van der Waals surface area contributed by atoms with Gasteiger partial charge in [-0.2, -0.15) is 0 Å². The number of halogens is 1. The van der Waals surface area contributed by atoms with Gasteiger partial charge in [0.2, 0.25) is 5.91 Å². The molecule has 3 rings (SSSR count). The second-order valence-corrected chi connectivity index (χ2v) is 6.19. The van der Waals surface area contributed by atoms with E-state index >= 15 is 0 Å². The first-order chi connectivity index (χ1) is 9.97. The van der Waals surface area contributed by atoms with Gasteiger partial charge >= 0.3 is 6.03 Å². The highest BCUT2D eigenvalue weighted by Crippen LogP contribution is 2.26. The molecular weight excluding hydrogens is 290 g/mol. The zero-order chi connectivity index (χ0) is 15.1. The van der Waals surface area contributed by atoms with Crippen LogP contribution in [0.3, 0.4) is 0 Å². The van der Waals surface area contributed by atoms with Crippen LogP contribution in [0, 0.1) is 0 Å². The lowest BCUT2D eigenvalue weighted by atomic mass is 10.1. The summed E-state index contributed by atoms with van der Waals surface area (Å²) in [7, 11) is 1.79. The van der Waals surface area contributed by atoms with Gasteiger partial charge in [-0.1, -0.05) is 23.7 Å². The van der Waals surface area contributed by atoms with E-state index in [9.17, 15) is 9.59 Å². The number of likely N-dealkylation sites (N-methyl/N-ethyl adjacent to an activating group) is 1. The lowest BCUT2D eigenvalue weighted by Crippen LogP contribution is -2.58. The second kappa shape index (κ2) is 5.22. The van der Waals surface area contributed by atoms with Gasteiger partial charge in [-0.15, -0.1) is 0 Å². The molecule has 112 valence electrons. The molecule has 2 atom stereocenters. The van der Waals surface area contributed by atoms with E-state index in [4.69, 9.17) is 11.6 Å². The topological polar surface area (TPSA) is 43.9 Å². The molecule has 6 heteroatoms. The Morgan fingerprint density at radius 2 is 2.05 bits per heavy atom. The van der Waals surface area contributed by atoms with Crippen LogP contribution >= 0.6 is 11.6 Å². The van der Waals surface area contributed by atoms with Gasteiger partial charge in [0.25, 0.3) is 0 Å². The maximum absolute atomic E-state index is 12.5. The van der Waals surface area contributed by atoms with Crippen LogP contribution in [0.2, 0.25) is 5.02 Å². The number of nitrogens with zero attached hydrogens (tertiary/aromatic N) is 3. The molecule has 5 nitrogen and oxygen atoms in total. The van der Waals surface area contributed by atoms with Crippen molar-refractivity contribution in [3.05, 3.63) is 34.9 Å². The van der Waals surface area contributed by atoms with E-state index in [1.807, 2.05) is 24.3 Å². The van der Waals surface area contributed by atoms with E-state index < -0.39 is 0 Å². The van der Waals surface area contributed by atoms with E-state index in [0.29, 0.717) is 24.7 Å². The van der Waals surface area contributed by atoms with Crippen molar-refractivity contribution in [2.24, 2.45) is 0 Å². The van der Waals surface area contributed by atoms with E-state index in [0.717, 1.165) is 5.56 Å². The van der Waals surface area contributed by atoms with Crippen LogP contribution in [0.5, 0.6) is 0 Å². The summed E-state index contributed by atoms with van der Waals surface area (Å²) >= 11 is 5.98. The molecule has 0 bridgehead atoms. The SMILES string of the molecule is C[C@H]1C(=O)N(C)C[C@@H]2CN(Cc3cccc(Cl)c3)C(=O)N21. The van der Waals surface area contributed by atoms with E-state index in [-0.39, 0.29) is 24.0 Å². The lowest BCUT2D eigenvalue weighted by molar-refractivity contribution is -0.139. The Hall–Kier alpha value is -1.75. The summed E-state index contributed by atoms with van der Waals surface area (Å²) in [6.45, 7) is 3.57. The van der Waals surface area contributed by atoms with Crippen molar-refractivity contribution in [1.82, 2.24) is 14.7 Å². The molecule has 1 aromatic carbocycles. The van der Waals surface area contributed by atoms with Crippen LogP contribution in [0.1, 0.15) is 12.5 Å². The van der Waals surface area contributed by atoms with Crippen molar-refractivity contribution >= 4 is 23.5 Å². The maximum atomic E-state index is 12.5. The number of urea groups is 1. The summed E-state index contributed by atoms with van der Waals surface area (Å²) in [6, 6.07) is 7.15. The fraction of sp³-hybridized carbons (Fsp3) is 0.467. The monoisotopic (exact) mass is 307 g/mol. The summed E-state index contributed by atoms with van der Waals surface area (Å²) < 4.78 is 0. The fourth-order valence-electron chi connectivity index (χ4n) is 3.20. The average Bonchev–Trinajstić information content (AvgIpc) is 2.73. The summed E-state index contributed by atoms with van der Waals surface area (Å²) in [6.07, 6.45) is 0. The lowest BCUT2D eigenvalue weighted by Gasteiger charge is -2.38. The van der Waals surface area contributed by atoms with Crippen LogP contribution in [0.4, 0.5) is 4.79 Å². The number of amides is 3. The van der Waals surface area contributed by atoms with Gasteiger partial charge in [0.1, 0.15) is 6.04 Å². The van der Waals surface area contributed by atoms with Crippen molar-refractivity contribution in [3.8, 4) is 0 Å². The molecule has 3 amide bonds. The predicted molar refractivity (Wildman–Crippen MR) is 80.0 cm³/mol. The van der Waals surface area contributed by atoms with E-state index in [2.05, 4.69) is 0 Å². The van der Waals surface area contributed by atoms with Crippen LogP contribution in [0.15, 0.2) is 24.3 Å². The smallest absolute Gasteiger partial charge is 0.321 e. The molecule has 2 heterocycles. The summed E-state index contributed by atoms with van der Waals surface area (Å²) in [5, 5.41) is 0.667. The quantitative estimate of drug-likeness (QED) is 0.836. The fourth-order valence-corrected chi connectivity index (χ4v) is 3.41. The highest BCUT2D eigenvalue weighted by molar-refractivity contribution is 6.30. The first-order valence-electron chi connectivity index (χ1n) is 7.04. The number of hydrogen-bond donors (Lipinski definition) is 0. The van der Waals surface area contributed by atoms with Gasteiger partial charge in [0.15, 0.2) is 0 Å². The highest BCUT2D eigenvalue weighted by atomic mass is 35.5. The van der Waals surface area contributed by atoms with Crippen molar-refractivity contribution in [2.75, 3.05) is 20.1 Å². The van der Waals surface area contributed by atoms with Crippen molar-refractivity contribution < 1.29 is 9.59 Å². The number of piperazine rings is 1. The molecule has 0 spiro atoms. The van der Waals surface area contributed by atoms with Gasteiger partial charge < -0.3 is 14.7 Å². The number of rotatable bonds is 2. The first-order valence-corrected chi connectivity index (χ1v) is 7.42. The highest BCUT2D eigenvalue weighted by Gasteiger charge is 2.46. The third-order valence-corrected chi connectivity index (χ3v) is 4.45. The molecule has 2 saturated heterocycles. The molecule has 0 aliphatic carbocycles. The van der Waals surface area contributed by atoms with Gasteiger partial charge in [0, 0.05) is 31.7 Å². The second-order valence-electron chi connectivity index (χ2n) is 5.75. The molecule has 0 saturated carbocycles. The largest absolute Gasteiger partial charge is 0.342 e. The van der Waals surface area contributed by atoms with Gasteiger partial charge in [-0.3, -0.25) is 4.79 Å². The minimum absolute atomic E-state index is 0.00389. The Bertz CT molecular complexity index is 592. The van der Waals surface area contributed by atoms with Crippen LogP contribution in [-0.4, -0.2) is 58.9 Å². The number of carbonyl (C=O) groups excluding carboxylic acids is 2. The molecule has 2 fully saturated rings. The van der Waals surface area contributed by atoms with Crippen molar-refractivity contribution in [3.63, 3.8) is 0 Å². The Balaban J connectivity index is 1.78. The number of benzene rings is 1.